The van der Waals surface area contributed by atoms with Crippen molar-refractivity contribution in [2.75, 3.05) is 6.61 Å². The van der Waals surface area contributed by atoms with Crippen LogP contribution in [0.15, 0.2) is 46.9 Å². The summed E-state index contributed by atoms with van der Waals surface area (Å²) < 4.78 is 11.8. The van der Waals surface area contributed by atoms with E-state index in [0.29, 0.717) is 18.1 Å². The molecule has 0 unspecified atom stereocenters. The summed E-state index contributed by atoms with van der Waals surface area (Å²) in [6.45, 7) is 2.12. The lowest BCUT2D eigenvalue weighted by molar-refractivity contribution is -0.385. The van der Waals surface area contributed by atoms with Crippen molar-refractivity contribution in [2.24, 2.45) is 0 Å². The Morgan fingerprint density at radius 1 is 1.15 bits per heavy atom. The molecule has 0 saturated heterocycles. The van der Waals surface area contributed by atoms with Crippen molar-refractivity contribution in [3.8, 4) is 17.2 Å². The van der Waals surface area contributed by atoms with Crippen molar-refractivity contribution in [2.45, 2.75) is 6.92 Å². The highest BCUT2D eigenvalue weighted by molar-refractivity contribution is 9.10. The molecule has 0 bridgehead atoms. The highest BCUT2D eigenvalue weighted by Gasteiger charge is 2.16. The zero-order chi connectivity index (χ0) is 14.5. The third kappa shape index (κ3) is 3.48. The Kier molecular flexibility index (Phi) is 4.57. The van der Waals surface area contributed by atoms with E-state index in [2.05, 4.69) is 15.9 Å². The summed E-state index contributed by atoms with van der Waals surface area (Å²) in [7, 11) is 0. The lowest BCUT2D eigenvalue weighted by atomic mass is 10.2. The Morgan fingerprint density at radius 2 is 1.80 bits per heavy atom. The van der Waals surface area contributed by atoms with Crippen LogP contribution in [-0.2, 0) is 0 Å². The first-order valence-corrected chi connectivity index (χ1v) is 6.74. The number of hydrogen-bond acceptors (Lipinski definition) is 4. The van der Waals surface area contributed by atoms with Gasteiger partial charge in [0.25, 0.3) is 0 Å². The van der Waals surface area contributed by atoms with Crippen LogP contribution in [0.1, 0.15) is 6.92 Å². The van der Waals surface area contributed by atoms with Crippen LogP contribution in [0.5, 0.6) is 17.2 Å². The van der Waals surface area contributed by atoms with Gasteiger partial charge in [-0.15, -0.1) is 0 Å². The Labute approximate surface area is 124 Å². The molecule has 0 atom stereocenters. The van der Waals surface area contributed by atoms with Crippen LogP contribution >= 0.6 is 15.9 Å². The molecule has 2 rings (SSSR count). The van der Waals surface area contributed by atoms with Crippen molar-refractivity contribution in [1.82, 2.24) is 0 Å². The summed E-state index contributed by atoms with van der Waals surface area (Å²) in [5.41, 5.74) is -0.0741. The van der Waals surface area contributed by atoms with Gasteiger partial charge >= 0.3 is 5.69 Å². The molecule has 2 aromatic rings. The third-order valence-electron chi connectivity index (χ3n) is 2.48. The van der Waals surface area contributed by atoms with Crippen molar-refractivity contribution < 1.29 is 14.4 Å². The molecule has 6 heteroatoms. The fourth-order valence-electron chi connectivity index (χ4n) is 1.62. The fraction of sp³-hybridized carbons (Fsp3) is 0.143. The molecule has 0 aliphatic heterocycles. The number of ether oxygens (including phenoxy) is 2. The number of rotatable bonds is 5. The number of benzene rings is 2. The second kappa shape index (κ2) is 6.38. The van der Waals surface area contributed by atoms with Crippen LogP contribution in [0.2, 0.25) is 0 Å². The molecule has 20 heavy (non-hydrogen) atoms. The fourth-order valence-corrected chi connectivity index (χ4v) is 1.88. The van der Waals surface area contributed by atoms with E-state index in [1.54, 1.807) is 25.1 Å². The molecule has 0 aromatic heterocycles. The van der Waals surface area contributed by atoms with E-state index >= 15 is 0 Å². The van der Waals surface area contributed by atoms with Gasteiger partial charge < -0.3 is 9.47 Å². The lowest BCUT2D eigenvalue weighted by Crippen LogP contribution is -1.97. The van der Waals surface area contributed by atoms with E-state index < -0.39 is 4.92 Å². The highest BCUT2D eigenvalue weighted by Crippen LogP contribution is 2.33. The number of hydrogen-bond donors (Lipinski definition) is 0. The Bertz CT molecular complexity index is 613. The summed E-state index contributed by atoms with van der Waals surface area (Å²) in [5, 5.41) is 10.9. The van der Waals surface area contributed by atoms with Crippen molar-refractivity contribution in [1.29, 1.82) is 0 Å². The van der Waals surface area contributed by atoms with E-state index in [-0.39, 0.29) is 11.4 Å². The maximum Gasteiger partial charge on any atom is 0.311 e. The minimum Gasteiger partial charge on any atom is -0.487 e. The average Bonchev–Trinajstić information content (AvgIpc) is 2.42. The van der Waals surface area contributed by atoms with Gasteiger partial charge in [-0.1, -0.05) is 15.9 Å². The third-order valence-corrected chi connectivity index (χ3v) is 3.01. The number of nitro benzene ring substituents is 1. The molecule has 0 spiro atoms. The molecular formula is C14H12BrNO4. The minimum absolute atomic E-state index is 0.0741. The molecule has 0 fully saturated rings. The quantitative estimate of drug-likeness (QED) is 0.593. The Balaban J connectivity index is 2.26. The topological polar surface area (TPSA) is 61.6 Å². The first-order valence-electron chi connectivity index (χ1n) is 5.95. The van der Waals surface area contributed by atoms with Crippen molar-refractivity contribution >= 4 is 21.6 Å². The highest BCUT2D eigenvalue weighted by atomic mass is 79.9. The van der Waals surface area contributed by atoms with Gasteiger partial charge in [0.15, 0.2) is 0 Å². The zero-order valence-corrected chi connectivity index (χ0v) is 12.3. The maximum atomic E-state index is 10.9. The summed E-state index contributed by atoms with van der Waals surface area (Å²) in [4.78, 5) is 10.4. The predicted molar refractivity (Wildman–Crippen MR) is 78.5 cm³/mol. The summed E-state index contributed by atoms with van der Waals surface area (Å²) in [6.07, 6.45) is 0. The van der Waals surface area contributed by atoms with Gasteiger partial charge in [0.05, 0.1) is 11.5 Å². The molecule has 0 radical (unpaired) electrons. The Hall–Kier alpha value is -2.08. The average molecular weight is 338 g/mol. The van der Waals surface area contributed by atoms with E-state index in [0.717, 1.165) is 4.47 Å². The molecule has 5 nitrogen and oxygen atoms in total. The van der Waals surface area contributed by atoms with Crippen LogP contribution in [0.4, 0.5) is 5.69 Å². The molecule has 104 valence electrons. The SMILES string of the molecule is CCOc1cc(Oc2ccc(Br)cc2)ccc1[N+](=O)[O-]. The molecule has 2 aromatic carbocycles. The molecule has 0 aliphatic rings. The van der Waals surface area contributed by atoms with E-state index in [1.807, 2.05) is 12.1 Å². The zero-order valence-electron chi connectivity index (χ0n) is 10.7. The van der Waals surface area contributed by atoms with Crippen molar-refractivity contribution in [3.63, 3.8) is 0 Å². The van der Waals surface area contributed by atoms with Gasteiger partial charge in [-0.05, 0) is 37.3 Å². The first kappa shape index (κ1) is 14.3. The van der Waals surface area contributed by atoms with Crippen LogP contribution in [0.25, 0.3) is 0 Å². The number of halogens is 1. The second-order valence-electron chi connectivity index (χ2n) is 3.88. The lowest BCUT2D eigenvalue weighted by Gasteiger charge is -2.08. The molecule has 0 heterocycles. The molecule has 0 saturated carbocycles. The van der Waals surface area contributed by atoms with Gasteiger partial charge in [0.2, 0.25) is 5.75 Å². The van der Waals surface area contributed by atoms with Crippen molar-refractivity contribution in [3.05, 3.63) is 57.1 Å². The molecule has 0 N–H and O–H groups in total. The molecule has 0 aliphatic carbocycles. The second-order valence-corrected chi connectivity index (χ2v) is 4.79. The van der Waals surface area contributed by atoms with E-state index in [4.69, 9.17) is 9.47 Å². The van der Waals surface area contributed by atoms with Crippen LogP contribution in [0, 0.1) is 10.1 Å². The smallest absolute Gasteiger partial charge is 0.311 e. The predicted octanol–water partition coefficient (Wildman–Crippen LogP) is 4.55. The Morgan fingerprint density at radius 3 is 2.40 bits per heavy atom. The standard InChI is InChI=1S/C14H12BrNO4/c1-2-19-14-9-12(7-8-13(14)16(17)18)20-11-5-3-10(15)4-6-11/h3-9H,2H2,1H3. The van der Waals surface area contributed by atoms with Gasteiger partial charge in [-0.2, -0.15) is 0 Å². The molecule has 0 amide bonds. The minimum atomic E-state index is -0.478. The van der Waals surface area contributed by atoms with Gasteiger partial charge in [-0.25, -0.2) is 0 Å². The van der Waals surface area contributed by atoms with Crippen LogP contribution in [0.3, 0.4) is 0 Å². The maximum absolute atomic E-state index is 10.9. The van der Waals surface area contributed by atoms with Crippen LogP contribution < -0.4 is 9.47 Å². The van der Waals surface area contributed by atoms with E-state index in [1.165, 1.54) is 12.1 Å². The first-order chi connectivity index (χ1) is 9.60. The van der Waals surface area contributed by atoms with E-state index in [9.17, 15) is 10.1 Å². The summed E-state index contributed by atoms with van der Waals surface area (Å²) in [5.74, 6) is 1.33. The van der Waals surface area contributed by atoms with Gasteiger partial charge in [-0.3, -0.25) is 10.1 Å². The number of nitro groups is 1. The number of nitrogens with zero attached hydrogens (tertiary/aromatic N) is 1. The molecular weight excluding hydrogens is 326 g/mol. The monoisotopic (exact) mass is 337 g/mol. The van der Waals surface area contributed by atoms with Gasteiger partial charge in [0, 0.05) is 16.6 Å². The van der Waals surface area contributed by atoms with Gasteiger partial charge in [0.1, 0.15) is 11.5 Å². The largest absolute Gasteiger partial charge is 0.487 e. The summed E-state index contributed by atoms with van der Waals surface area (Å²) >= 11 is 3.34. The normalized spacial score (nSPS) is 10.1. The van der Waals surface area contributed by atoms with Crippen LogP contribution in [-0.4, -0.2) is 11.5 Å². The summed E-state index contributed by atoms with van der Waals surface area (Å²) in [6, 6.07) is 11.7.